The van der Waals surface area contributed by atoms with Gasteiger partial charge in [-0.15, -0.1) is 0 Å². The molecule has 2 rings (SSSR count). The molecule has 0 atom stereocenters. The monoisotopic (exact) mass is 332 g/mol. The summed E-state index contributed by atoms with van der Waals surface area (Å²) in [5.41, 5.74) is 1.22. The maximum Gasteiger partial charge on any atom is 0.223 e. The molecule has 0 radical (unpaired) electrons. The number of hydrogen-bond acceptors (Lipinski definition) is 3. The third-order valence-electron chi connectivity index (χ3n) is 3.66. The van der Waals surface area contributed by atoms with Crippen molar-refractivity contribution in [2.45, 2.75) is 26.7 Å². The first kappa shape index (κ1) is 18.1. The number of benzene rings is 1. The number of guanidine groups is 1. The van der Waals surface area contributed by atoms with Gasteiger partial charge in [-0.2, -0.15) is 0 Å². The third kappa shape index (κ3) is 6.89. The number of aliphatic imine (C=N–C) groups is 1. The highest BCUT2D eigenvalue weighted by molar-refractivity contribution is 5.81. The first-order valence-electron chi connectivity index (χ1n) is 8.68. The smallest absolute Gasteiger partial charge is 0.223 e. The van der Waals surface area contributed by atoms with Crippen LogP contribution >= 0.6 is 0 Å². The summed E-state index contributed by atoms with van der Waals surface area (Å²) in [6.07, 6.45) is 2.06. The molecule has 1 aromatic carbocycles. The molecular weight excluding hydrogens is 304 g/mol. The zero-order valence-electron chi connectivity index (χ0n) is 14.6. The summed E-state index contributed by atoms with van der Waals surface area (Å²) in [5, 5.41) is 9.32. The minimum atomic E-state index is 0.162. The van der Waals surface area contributed by atoms with Crippen molar-refractivity contribution in [3.05, 3.63) is 29.8 Å². The predicted molar refractivity (Wildman–Crippen MR) is 96.4 cm³/mol. The molecule has 1 aromatic rings. The number of amides is 1. The average molecular weight is 332 g/mol. The fraction of sp³-hybridized carbons (Fsp3) is 0.556. The van der Waals surface area contributed by atoms with Crippen LogP contribution in [0.25, 0.3) is 0 Å². The number of nitrogens with one attached hydrogen (secondary N) is 3. The normalized spacial score (nSPS) is 14.2. The second-order valence-electron chi connectivity index (χ2n) is 5.91. The molecule has 0 bridgehead atoms. The van der Waals surface area contributed by atoms with Gasteiger partial charge in [0, 0.05) is 19.0 Å². The molecule has 1 amide bonds. The molecule has 1 aliphatic rings. The van der Waals surface area contributed by atoms with E-state index in [0.29, 0.717) is 26.2 Å². The number of ether oxygens (including phenoxy) is 1. The molecule has 0 spiro atoms. The first-order chi connectivity index (χ1) is 11.7. The van der Waals surface area contributed by atoms with E-state index in [0.717, 1.165) is 31.1 Å². The zero-order chi connectivity index (χ0) is 17.2. The van der Waals surface area contributed by atoms with Crippen LogP contribution in [-0.4, -0.2) is 44.7 Å². The molecule has 0 heterocycles. The van der Waals surface area contributed by atoms with E-state index in [-0.39, 0.29) is 11.8 Å². The van der Waals surface area contributed by atoms with E-state index in [1.54, 1.807) is 0 Å². The maximum absolute atomic E-state index is 11.5. The van der Waals surface area contributed by atoms with Gasteiger partial charge in [-0.25, -0.2) is 0 Å². The summed E-state index contributed by atoms with van der Waals surface area (Å²) in [5.74, 6) is 2.02. The van der Waals surface area contributed by atoms with E-state index in [2.05, 4.69) is 27.9 Å². The summed E-state index contributed by atoms with van der Waals surface area (Å²) >= 11 is 0. The van der Waals surface area contributed by atoms with E-state index in [1.165, 1.54) is 5.56 Å². The lowest BCUT2D eigenvalue weighted by atomic mass is 10.2. The topological polar surface area (TPSA) is 74.8 Å². The van der Waals surface area contributed by atoms with Crippen molar-refractivity contribution >= 4 is 11.9 Å². The highest BCUT2D eigenvalue weighted by atomic mass is 16.5. The van der Waals surface area contributed by atoms with Crippen LogP contribution in [0.5, 0.6) is 5.75 Å². The Morgan fingerprint density at radius 1 is 1.17 bits per heavy atom. The van der Waals surface area contributed by atoms with Crippen molar-refractivity contribution in [2.75, 3.05) is 32.8 Å². The molecule has 1 aliphatic carbocycles. The summed E-state index contributed by atoms with van der Waals surface area (Å²) in [4.78, 5) is 16.0. The Balaban J connectivity index is 1.62. The Morgan fingerprint density at radius 2 is 1.92 bits per heavy atom. The van der Waals surface area contributed by atoms with Crippen LogP contribution in [0.2, 0.25) is 0 Å². The number of rotatable bonds is 9. The summed E-state index contributed by atoms with van der Waals surface area (Å²) in [7, 11) is 0. The molecule has 1 fully saturated rings. The van der Waals surface area contributed by atoms with Crippen LogP contribution in [-0.2, 0) is 4.79 Å². The van der Waals surface area contributed by atoms with Gasteiger partial charge in [0.15, 0.2) is 5.96 Å². The molecule has 1 saturated carbocycles. The van der Waals surface area contributed by atoms with Crippen LogP contribution in [0, 0.1) is 12.8 Å². The molecule has 0 saturated heterocycles. The molecule has 0 unspecified atom stereocenters. The molecule has 6 nitrogen and oxygen atoms in total. The standard InChI is InChI=1S/C18H28N4O2/c1-3-19-18(21-11-10-20-17(23)15-6-7-15)22-12-13-24-16-8-4-14(2)5-9-16/h4-5,8-9,15H,3,6-7,10-13H2,1-2H3,(H,20,23)(H2,19,21,22). The van der Waals surface area contributed by atoms with Crippen molar-refractivity contribution in [2.24, 2.45) is 10.9 Å². The maximum atomic E-state index is 11.5. The SMILES string of the molecule is CCNC(=NCCNC(=O)C1CC1)NCCOc1ccc(C)cc1. The number of hydrogen-bond donors (Lipinski definition) is 3. The van der Waals surface area contributed by atoms with E-state index >= 15 is 0 Å². The van der Waals surface area contributed by atoms with E-state index in [9.17, 15) is 4.79 Å². The van der Waals surface area contributed by atoms with Gasteiger partial charge in [-0.1, -0.05) is 17.7 Å². The van der Waals surface area contributed by atoms with Gasteiger partial charge in [-0.3, -0.25) is 9.79 Å². The van der Waals surface area contributed by atoms with E-state index in [4.69, 9.17) is 4.74 Å². The van der Waals surface area contributed by atoms with Crippen molar-refractivity contribution in [1.29, 1.82) is 0 Å². The lowest BCUT2D eigenvalue weighted by Gasteiger charge is -2.12. The Kier molecular flexibility index (Phi) is 7.39. The third-order valence-corrected chi connectivity index (χ3v) is 3.66. The highest BCUT2D eigenvalue weighted by Gasteiger charge is 2.28. The minimum Gasteiger partial charge on any atom is -0.492 e. The molecule has 0 aliphatic heterocycles. The fourth-order valence-corrected chi connectivity index (χ4v) is 2.15. The van der Waals surface area contributed by atoms with Gasteiger partial charge in [0.05, 0.1) is 13.1 Å². The van der Waals surface area contributed by atoms with E-state index < -0.39 is 0 Å². The second-order valence-corrected chi connectivity index (χ2v) is 5.91. The number of carbonyl (C=O) groups is 1. The van der Waals surface area contributed by atoms with Crippen molar-refractivity contribution in [3.63, 3.8) is 0 Å². The molecule has 24 heavy (non-hydrogen) atoms. The molecular formula is C18H28N4O2. The highest BCUT2D eigenvalue weighted by Crippen LogP contribution is 2.28. The summed E-state index contributed by atoms with van der Waals surface area (Å²) in [6, 6.07) is 8.00. The second kappa shape index (κ2) is 9.80. The van der Waals surface area contributed by atoms with Crippen LogP contribution < -0.4 is 20.7 Å². The Labute approximate surface area is 144 Å². The fourth-order valence-electron chi connectivity index (χ4n) is 2.15. The quantitative estimate of drug-likeness (QED) is 0.364. The molecule has 3 N–H and O–H groups in total. The van der Waals surface area contributed by atoms with Crippen molar-refractivity contribution < 1.29 is 9.53 Å². The minimum absolute atomic E-state index is 0.162. The van der Waals surface area contributed by atoms with Gasteiger partial charge in [0.25, 0.3) is 0 Å². The lowest BCUT2D eigenvalue weighted by Crippen LogP contribution is -2.40. The average Bonchev–Trinajstić information content (AvgIpc) is 3.41. The Hall–Kier alpha value is -2.24. The Morgan fingerprint density at radius 3 is 2.58 bits per heavy atom. The number of carbonyl (C=O) groups excluding carboxylic acids is 1. The number of aryl methyl sites for hydroxylation is 1. The largest absolute Gasteiger partial charge is 0.492 e. The van der Waals surface area contributed by atoms with Crippen LogP contribution in [0.3, 0.4) is 0 Å². The van der Waals surface area contributed by atoms with Crippen molar-refractivity contribution in [1.82, 2.24) is 16.0 Å². The first-order valence-corrected chi connectivity index (χ1v) is 8.68. The molecule has 132 valence electrons. The molecule has 6 heteroatoms. The van der Waals surface area contributed by atoms with Gasteiger partial charge in [-0.05, 0) is 38.8 Å². The van der Waals surface area contributed by atoms with Crippen LogP contribution in [0.4, 0.5) is 0 Å². The van der Waals surface area contributed by atoms with Gasteiger partial charge in [0.1, 0.15) is 12.4 Å². The number of nitrogens with zero attached hydrogens (tertiary/aromatic N) is 1. The zero-order valence-corrected chi connectivity index (χ0v) is 14.6. The van der Waals surface area contributed by atoms with Crippen LogP contribution in [0.15, 0.2) is 29.3 Å². The van der Waals surface area contributed by atoms with Crippen molar-refractivity contribution in [3.8, 4) is 5.75 Å². The summed E-state index contributed by atoms with van der Waals surface area (Å²) in [6.45, 7) is 7.23. The predicted octanol–water partition coefficient (Wildman–Crippen LogP) is 1.46. The van der Waals surface area contributed by atoms with Gasteiger partial charge >= 0.3 is 0 Å². The van der Waals surface area contributed by atoms with Gasteiger partial charge < -0.3 is 20.7 Å². The Bertz CT molecular complexity index is 538. The van der Waals surface area contributed by atoms with Gasteiger partial charge in [0.2, 0.25) is 5.91 Å². The summed E-state index contributed by atoms with van der Waals surface area (Å²) < 4.78 is 5.68. The van der Waals surface area contributed by atoms with Crippen LogP contribution in [0.1, 0.15) is 25.3 Å². The molecule has 0 aromatic heterocycles. The van der Waals surface area contributed by atoms with E-state index in [1.807, 2.05) is 31.2 Å². The lowest BCUT2D eigenvalue weighted by molar-refractivity contribution is -0.122.